The van der Waals surface area contributed by atoms with Crippen molar-refractivity contribution in [3.8, 4) is 16.9 Å². The molecule has 6 nitrogen and oxygen atoms in total. The lowest BCUT2D eigenvalue weighted by molar-refractivity contribution is 0.393. The van der Waals surface area contributed by atoms with Crippen LogP contribution in [0.15, 0.2) is 42.5 Å². The first-order valence-corrected chi connectivity index (χ1v) is 13.8. The molecule has 2 saturated heterocycles. The average molecular weight is 534 g/mol. The molecule has 0 saturated carbocycles. The summed E-state index contributed by atoms with van der Waals surface area (Å²) < 4.78 is 16.6. The van der Waals surface area contributed by atoms with E-state index in [0.717, 1.165) is 61.9 Å². The predicted octanol–water partition coefficient (Wildman–Crippen LogP) is 5.77. The van der Waals surface area contributed by atoms with Crippen molar-refractivity contribution in [2.24, 2.45) is 0 Å². The summed E-state index contributed by atoms with van der Waals surface area (Å²) in [6, 6.07) is 13.5. The minimum atomic E-state index is -0.473. The smallest absolute Gasteiger partial charge is 0.158 e. The molecule has 4 aromatic rings. The molecule has 38 heavy (non-hydrogen) atoms. The van der Waals surface area contributed by atoms with Crippen molar-refractivity contribution in [3.63, 3.8) is 0 Å². The molecule has 2 aliphatic rings. The number of unbranched alkanes of at least 4 members (excludes halogenated alkanes) is 1. The van der Waals surface area contributed by atoms with Crippen LogP contribution in [0.25, 0.3) is 32.8 Å². The summed E-state index contributed by atoms with van der Waals surface area (Å²) >= 11 is 6.84. The number of nitrogens with zero attached hydrogens (tertiary/aromatic N) is 4. The van der Waals surface area contributed by atoms with Crippen LogP contribution in [0.4, 0.5) is 10.2 Å². The highest BCUT2D eigenvalue weighted by Gasteiger charge is 2.34. The van der Waals surface area contributed by atoms with Gasteiger partial charge in [-0.05, 0) is 80.9 Å². The molecular formula is C30H33ClFN5O. The highest BCUT2D eigenvalue weighted by molar-refractivity contribution is 6.35. The van der Waals surface area contributed by atoms with Crippen LogP contribution in [0, 0.1) is 5.82 Å². The third-order valence-corrected chi connectivity index (χ3v) is 8.09. The Balaban J connectivity index is 1.50. The summed E-state index contributed by atoms with van der Waals surface area (Å²) in [7, 11) is 4.13. The number of aromatic hydroxyl groups is 1. The van der Waals surface area contributed by atoms with Crippen LogP contribution in [0.1, 0.15) is 31.5 Å². The molecule has 2 bridgehead atoms. The fraction of sp³-hybridized carbons (Fsp3) is 0.400. The number of hydrogen-bond acceptors (Lipinski definition) is 6. The second-order valence-corrected chi connectivity index (χ2v) is 11.3. The summed E-state index contributed by atoms with van der Waals surface area (Å²) in [6.45, 7) is 2.65. The van der Waals surface area contributed by atoms with Gasteiger partial charge in [0.2, 0.25) is 0 Å². The molecule has 3 aromatic carbocycles. The van der Waals surface area contributed by atoms with E-state index in [4.69, 9.17) is 21.6 Å². The SMILES string of the molecule is CN(C)CCCCc1nc(N2CC3CCC(C2)N3)c2cc(Cl)c(-c3cc(O)cc4ccccc34)c(F)c2n1. The Bertz CT molecular complexity index is 1500. The van der Waals surface area contributed by atoms with E-state index in [1.165, 1.54) is 0 Å². The summed E-state index contributed by atoms with van der Waals surface area (Å²) in [4.78, 5) is 14.2. The topological polar surface area (TPSA) is 64.5 Å². The van der Waals surface area contributed by atoms with Gasteiger partial charge in [0.25, 0.3) is 0 Å². The Morgan fingerprint density at radius 1 is 1.05 bits per heavy atom. The zero-order valence-electron chi connectivity index (χ0n) is 21.8. The summed E-state index contributed by atoms with van der Waals surface area (Å²) in [5.41, 5.74) is 1.10. The summed E-state index contributed by atoms with van der Waals surface area (Å²) in [5.74, 6) is 1.02. The maximum absolute atomic E-state index is 16.6. The number of phenolic OH excluding ortho intramolecular Hbond substituents is 1. The highest BCUT2D eigenvalue weighted by atomic mass is 35.5. The third-order valence-electron chi connectivity index (χ3n) is 7.80. The number of halogens is 2. The van der Waals surface area contributed by atoms with E-state index in [1.807, 2.05) is 30.3 Å². The van der Waals surface area contributed by atoms with E-state index in [2.05, 4.69) is 29.2 Å². The van der Waals surface area contributed by atoms with Crippen LogP contribution in [0.5, 0.6) is 5.75 Å². The van der Waals surface area contributed by atoms with E-state index in [1.54, 1.807) is 12.1 Å². The van der Waals surface area contributed by atoms with Crippen LogP contribution in [0.2, 0.25) is 5.02 Å². The summed E-state index contributed by atoms with van der Waals surface area (Å²) in [5, 5.41) is 16.7. The van der Waals surface area contributed by atoms with Crippen molar-refractivity contribution >= 4 is 39.1 Å². The van der Waals surface area contributed by atoms with E-state index >= 15 is 4.39 Å². The molecule has 2 N–H and O–H groups in total. The Kier molecular flexibility index (Phi) is 6.84. The fourth-order valence-electron chi connectivity index (χ4n) is 6.01. The van der Waals surface area contributed by atoms with Crippen LogP contribution in [-0.2, 0) is 6.42 Å². The predicted molar refractivity (Wildman–Crippen MR) is 153 cm³/mol. The molecule has 2 fully saturated rings. The molecule has 6 rings (SSSR count). The first-order valence-electron chi connectivity index (χ1n) is 13.4. The lowest BCUT2D eigenvalue weighted by Gasteiger charge is -2.34. The molecule has 3 heterocycles. The van der Waals surface area contributed by atoms with Crippen molar-refractivity contribution in [1.29, 1.82) is 0 Å². The monoisotopic (exact) mass is 533 g/mol. The molecule has 198 valence electrons. The quantitative estimate of drug-likeness (QED) is 0.294. The van der Waals surface area contributed by atoms with Gasteiger partial charge < -0.3 is 20.2 Å². The van der Waals surface area contributed by atoms with Crippen LogP contribution < -0.4 is 10.2 Å². The van der Waals surface area contributed by atoms with Gasteiger partial charge in [0, 0.05) is 42.5 Å². The lowest BCUT2D eigenvalue weighted by atomic mass is 9.96. The van der Waals surface area contributed by atoms with Crippen molar-refractivity contribution in [2.75, 3.05) is 38.6 Å². The van der Waals surface area contributed by atoms with Gasteiger partial charge in [0.15, 0.2) is 5.82 Å². The van der Waals surface area contributed by atoms with Gasteiger partial charge >= 0.3 is 0 Å². The molecular weight excluding hydrogens is 501 g/mol. The molecule has 2 atom stereocenters. The van der Waals surface area contributed by atoms with E-state index in [-0.39, 0.29) is 21.9 Å². The normalized spacial score (nSPS) is 19.2. The Labute approximate surface area is 227 Å². The number of benzene rings is 3. The minimum absolute atomic E-state index is 0.0653. The van der Waals surface area contributed by atoms with Gasteiger partial charge in [-0.2, -0.15) is 0 Å². The van der Waals surface area contributed by atoms with Gasteiger partial charge in [-0.25, -0.2) is 14.4 Å². The number of nitrogens with one attached hydrogen (secondary N) is 1. The van der Waals surface area contributed by atoms with Crippen molar-refractivity contribution in [2.45, 2.75) is 44.2 Å². The molecule has 1 aromatic heterocycles. The van der Waals surface area contributed by atoms with E-state index in [9.17, 15) is 5.11 Å². The third kappa shape index (κ3) is 4.79. The number of aryl methyl sites for hydroxylation is 1. The summed E-state index contributed by atoms with van der Waals surface area (Å²) in [6.07, 6.45) is 4.92. The van der Waals surface area contributed by atoms with Gasteiger partial charge in [-0.3, -0.25) is 0 Å². The second-order valence-electron chi connectivity index (χ2n) is 10.9. The Morgan fingerprint density at radius 2 is 1.82 bits per heavy atom. The van der Waals surface area contributed by atoms with E-state index in [0.29, 0.717) is 35.3 Å². The molecule has 0 radical (unpaired) electrons. The second kappa shape index (κ2) is 10.3. The number of piperazine rings is 1. The van der Waals surface area contributed by atoms with Crippen molar-refractivity contribution < 1.29 is 9.50 Å². The van der Waals surface area contributed by atoms with Gasteiger partial charge in [-0.15, -0.1) is 0 Å². The number of rotatable bonds is 7. The first kappa shape index (κ1) is 25.3. The number of aromatic nitrogens is 2. The van der Waals surface area contributed by atoms with Crippen LogP contribution in [0.3, 0.4) is 0 Å². The van der Waals surface area contributed by atoms with Crippen LogP contribution >= 0.6 is 11.6 Å². The van der Waals surface area contributed by atoms with Gasteiger partial charge in [-0.1, -0.05) is 35.9 Å². The van der Waals surface area contributed by atoms with Crippen LogP contribution in [-0.4, -0.2) is 65.8 Å². The van der Waals surface area contributed by atoms with Crippen molar-refractivity contribution in [1.82, 2.24) is 20.2 Å². The molecule has 8 heteroatoms. The standard InChI is InChI=1S/C30H33ClFN5O/c1-36(2)12-6-5-9-26-34-29-24(30(35-26)37-16-19-10-11-20(17-37)33-19)15-25(31)27(28(29)32)23-14-21(38)13-18-7-3-4-8-22(18)23/h3-4,7-8,13-15,19-20,33,38H,5-6,9-12,16-17H2,1-2H3. The average Bonchev–Trinajstić information content (AvgIpc) is 3.23. The number of anilines is 1. The lowest BCUT2D eigenvalue weighted by Crippen LogP contribution is -2.51. The maximum Gasteiger partial charge on any atom is 0.158 e. The molecule has 0 amide bonds. The minimum Gasteiger partial charge on any atom is -0.508 e. The van der Waals surface area contributed by atoms with E-state index < -0.39 is 5.82 Å². The zero-order valence-corrected chi connectivity index (χ0v) is 22.6. The molecule has 2 unspecified atom stereocenters. The zero-order chi connectivity index (χ0) is 26.4. The fourth-order valence-corrected chi connectivity index (χ4v) is 6.30. The molecule has 2 aliphatic heterocycles. The number of hydrogen-bond donors (Lipinski definition) is 2. The number of phenols is 1. The Morgan fingerprint density at radius 3 is 2.58 bits per heavy atom. The van der Waals surface area contributed by atoms with Gasteiger partial charge in [0.05, 0.1) is 5.02 Å². The van der Waals surface area contributed by atoms with Crippen molar-refractivity contribution in [3.05, 3.63) is 59.1 Å². The highest BCUT2D eigenvalue weighted by Crippen LogP contribution is 2.42. The molecule has 0 spiro atoms. The maximum atomic E-state index is 16.6. The first-order chi connectivity index (χ1) is 18.4. The Hall–Kier alpha value is -3.00. The number of fused-ring (bicyclic) bond motifs is 4. The largest absolute Gasteiger partial charge is 0.508 e. The van der Waals surface area contributed by atoms with Gasteiger partial charge in [0.1, 0.15) is 22.9 Å². The molecule has 0 aliphatic carbocycles.